The molecular weight excluding hydrogens is 170 g/mol. The van der Waals surface area contributed by atoms with E-state index in [1.807, 2.05) is 6.08 Å². The molecule has 1 saturated carbocycles. The third kappa shape index (κ3) is 4.28. The van der Waals surface area contributed by atoms with Crippen molar-refractivity contribution >= 4 is 0 Å². The molecule has 0 spiro atoms. The van der Waals surface area contributed by atoms with Gasteiger partial charge in [0.2, 0.25) is 0 Å². The lowest BCUT2D eigenvalue weighted by molar-refractivity contribution is 0.310. The van der Waals surface area contributed by atoms with Crippen LogP contribution >= 0.6 is 0 Å². The van der Waals surface area contributed by atoms with E-state index in [4.69, 9.17) is 0 Å². The highest BCUT2D eigenvalue weighted by Crippen LogP contribution is 2.33. The number of nitrogens with one attached hydrogen (secondary N) is 1. The number of hydrogen-bond donors (Lipinski definition) is 1. The van der Waals surface area contributed by atoms with Crippen LogP contribution in [0.25, 0.3) is 0 Å². The Hall–Kier alpha value is -0.300. The molecule has 0 aromatic carbocycles. The molecule has 1 aliphatic rings. The molecule has 0 aliphatic heterocycles. The van der Waals surface area contributed by atoms with Gasteiger partial charge >= 0.3 is 0 Å². The molecule has 0 amide bonds. The van der Waals surface area contributed by atoms with E-state index in [1.165, 1.54) is 32.1 Å². The lowest BCUT2D eigenvalue weighted by Crippen LogP contribution is -2.29. The van der Waals surface area contributed by atoms with Crippen LogP contribution in [-0.4, -0.2) is 12.6 Å². The Labute approximate surface area is 89.0 Å². The average molecular weight is 195 g/mol. The first-order valence-corrected chi connectivity index (χ1v) is 5.98. The van der Waals surface area contributed by atoms with Gasteiger partial charge in [-0.15, -0.1) is 6.58 Å². The Morgan fingerprint density at radius 1 is 1.36 bits per heavy atom. The molecule has 0 radical (unpaired) electrons. The SMILES string of the molecule is C=CCCNC1CCCC(C)(C)CC1. The molecule has 1 atom stereocenters. The van der Waals surface area contributed by atoms with Crippen molar-refractivity contribution in [3.8, 4) is 0 Å². The molecule has 14 heavy (non-hydrogen) atoms. The maximum atomic E-state index is 3.74. The fraction of sp³-hybridized carbons (Fsp3) is 0.846. The minimum atomic E-state index is 0.578. The molecule has 1 unspecified atom stereocenters. The summed E-state index contributed by atoms with van der Waals surface area (Å²) < 4.78 is 0. The number of rotatable bonds is 4. The summed E-state index contributed by atoms with van der Waals surface area (Å²) in [4.78, 5) is 0. The second-order valence-electron chi connectivity index (χ2n) is 5.32. The maximum absolute atomic E-state index is 3.74. The summed E-state index contributed by atoms with van der Waals surface area (Å²) in [5, 5.41) is 3.63. The highest BCUT2D eigenvalue weighted by atomic mass is 14.9. The van der Waals surface area contributed by atoms with Gasteiger partial charge in [0.25, 0.3) is 0 Å². The van der Waals surface area contributed by atoms with Gasteiger partial charge in [0.05, 0.1) is 0 Å². The van der Waals surface area contributed by atoms with Gasteiger partial charge in [-0.2, -0.15) is 0 Å². The Bertz CT molecular complexity index is 172. The van der Waals surface area contributed by atoms with E-state index in [9.17, 15) is 0 Å². The Morgan fingerprint density at radius 2 is 2.14 bits per heavy atom. The van der Waals surface area contributed by atoms with E-state index >= 15 is 0 Å². The molecule has 1 rings (SSSR count). The van der Waals surface area contributed by atoms with E-state index in [1.54, 1.807) is 0 Å². The number of hydrogen-bond acceptors (Lipinski definition) is 1. The summed E-state index contributed by atoms with van der Waals surface area (Å²) in [6, 6.07) is 0.761. The molecular formula is C13H25N. The van der Waals surface area contributed by atoms with E-state index in [0.717, 1.165) is 19.0 Å². The fourth-order valence-electron chi connectivity index (χ4n) is 2.25. The molecule has 82 valence electrons. The van der Waals surface area contributed by atoms with E-state index in [0.29, 0.717) is 5.41 Å². The minimum absolute atomic E-state index is 0.578. The van der Waals surface area contributed by atoms with Crippen LogP contribution < -0.4 is 5.32 Å². The average Bonchev–Trinajstić information content (AvgIpc) is 2.28. The van der Waals surface area contributed by atoms with Crippen molar-refractivity contribution in [1.29, 1.82) is 0 Å². The Morgan fingerprint density at radius 3 is 2.86 bits per heavy atom. The van der Waals surface area contributed by atoms with Crippen molar-refractivity contribution in [3.63, 3.8) is 0 Å². The van der Waals surface area contributed by atoms with E-state index < -0.39 is 0 Å². The first kappa shape index (κ1) is 11.8. The molecule has 0 bridgehead atoms. The van der Waals surface area contributed by atoms with E-state index in [-0.39, 0.29) is 0 Å². The summed E-state index contributed by atoms with van der Waals surface area (Å²) in [7, 11) is 0. The summed E-state index contributed by atoms with van der Waals surface area (Å²) >= 11 is 0. The van der Waals surface area contributed by atoms with Gasteiger partial charge in [-0.1, -0.05) is 26.3 Å². The molecule has 0 aromatic heterocycles. The largest absolute Gasteiger partial charge is 0.314 e. The lowest BCUT2D eigenvalue weighted by atomic mass is 9.85. The minimum Gasteiger partial charge on any atom is -0.314 e. The third-order valence-electron chi connectivity index (χ3n) is 3.36. The van der Waals surface area contributed by atoms with Gasteiger partial charge in [-0.25, -0.2) is 0 Å². The normalized spacial score (nSPS) is 26.9. The first-order chi connectivity index (χ1) is 6.64. The van der Waals surface area contributed by atoms with Crippen LogP contribution in [0.2, 0.25) is 0 Å². The first-order valence-electron chi connectivity index (χ1n) is 5.98. The highest BCUT2D eigenvalue weighted by Gasteiger charge is 2.23. The molecule has 1 aliphatic carbocycles. The second-order valence-corrected chi connectivity index (χ2v) is 5.32. The van der Waals surface area contributed by atoms with Crippen molar-refractivity contribution in [2.75, 3.05) is 6.54 Å². The van der Waals surface area contributed by atoms with E-state index in [2.05, 4.69) is 25.7 Å². The van der Waals surface area contributed by atoms with Crippen LogP contribution in [0, 0.1) is 5.41 Å². The predicted molar refractivity (Wildman–Crippen MR) is 63.5 cm³/mol. The molecule has 1 heteroatoms. The molecule has 0 saturated heterocycles. The summed E-state index contributed by atoms with van der Waals surface area (Å²) in [6.07, 6.45) is 9.96. The van der Waals surface area contributed by atoms with Gasteiger partial charge in [-0.05, 0) is 44.1 Å². The second kappa shape index (κ2) is 5.55. The monoisotopic (exact) mass is 195 g/mol. The van der Waals surface area contributed by atoms with Gasteiger partial charge in [0.1, 0.15) is 0 Å². The van der Waals surface area contributed by atoms with Gasteiger partial charge in [0.15, 0.2) is 0 Å². The zero-order valence-corrected chi connectivity index (χ0v) is 9.81. The van der Waals surface area contributed by atoms with Crippen LogP contribution in [0.3, 0.4) is 0 Å². The smallest absolute Gasteiger partial charge is 0.00673 e. The molecule has 1 fully saturated rings. The van der Waals surface area contributed by atoms with Gasteiger partial charge in [-0.3, -0.25) is 0 Å². The Balaban J connectivity index is 2.24. The predicted octanol–water partition coefficient (Wildman–Crippen LogP) is 3.51. The summed E-state index contributed by atoms with van der Waals surface area (Å²) in [6.45, 7) is 9.65. The summed E-state index contributed by atoms with van der Waals surface area (Å²) in [5.41, 5.74) is 0.578. The zero-order chi connectivity index (χ0) is 10.4. The molecule has 0 heterocycles. The summed E-state index contributed by atoms with van der Waals surface area (Å²) in [5.74, 6) is 0. The van der Waals surface area contributed by atoms with Crippen molar-refractivity contribution in [3.05, 3.63) is 12.7 Å². The van der Waals surface area contributed by atoms with Crippen molar-refractivity contribution < 1.29 is 0 Å². The maximum Gasteiger partial charge on any atom is 0.00673 e. The molecule has 1 N–H and O–H groups in total. The van der Waals surface area contributed by atoms with Crippen LogP contribution in [-0.2, 0) is 0 Å². The lowest BCUT2D eigenvalue weighted by Gasteiger charge is -2.22. The van der Waals surface area contributed by atoms with Crippen LogP contribution in [0.15, 0.2) is 12.7 Å². The standard InChI is InChI=1S/C13H25N/c1-4-5-11-14-12-7-6-9-13(2,3)10-8-12/h4,12,14H,1,5-11H2,2-3H3. The highest BCUT2D eigenvalue weighted by molar-refractivity contribution is 4.80. The van der Waals surface area contributed by atoms with Crippen molar-refractivity contribution in [1.82, 2.24) is 5.32 Å². The molecule has 1 nitrogen and oxygen atoms in total. The van der Waals surface area contributed by atoms with Crippen molar-refractivity contribution in [2.24, 2.45) is 5.41 Å². The van der Waals surface area contributed by atoms with Gasteiger partial charge in [0, 0.05) is 6.04 Å². The quantitative estimate of drug-likeness (QED) is 0.411. The van der Waals surface area contributed by atoms with Gasteiger partial charge < -0.3 is 5.32 Å². The fourth-order valence-corrected chi connectivity index (χ4v) is 2.25. The zero-order valence-electron chi connectivity index (χ0n) is 9.81. The van der Waals surface area contributed by atoms with Crippen LogP contribution in [0.1, 0.15) is 52.4 Å². The third-order valence-corrected chi connectivity index (χ3v) is 3.36. The Kier molecular flexibility index (Phi) is 4.67. The van der Waals surface area contributed by atoms with Crippen molar-refractivity contribution in [2.45, 2.75) is 58.4 Å². The molecule has 0 aromatic rings. The van der Waals surface area contributed by atoms with Crippen LogP contribution in [0.4, 0.5) is 0 Å². The van der Waals surface area contributed by atoms with Crippen LogP contribution in [0.5, 0.6) is 0 Å². The topological polar surface area (TPSA) is 12.0 Å².